The van der Waals surface area contributed by atoms with Crippen LogP contribution in [0.3, 0.4) is 0 Å². The minimum absolute atomic E-state index is 0.168. The monoisotopic (exact) mass is 340 g/mol. The second-order valence-electron chi connectivity index (χ2n) is 10.0. The number of hydrogen-bond donors (Lipinski definition) is 3. The standard InChI is InChI=1S/C20H36O4/c1-17(2)8-6-9-18(3)13-7-10-19(4,16(23)12-21)24-20(13,5)15(22)11-14(17)18/h13-16,21-23H,6-12H2,1-5H3/t13?,14?,15-,16?,18+,19?,20-/m0/s1. The van der Waals surface area contributed by atoms with Crippen molar-refractivity contribution in [2.75, 3.05) is 6.61 Å². The van der Waals surface area contributed by atoms with Crippen LogP contribution in [-0.4, -0.2) is 45.3 Å². The van der Waals surface area contributed by atoms with Gasteiger partial charge in [-0.25, -0.2) is 0 Å². The summed E-state index contributed by atoms with van der Waals surface area (Å²) in [5, 5.41) is 30.7. The molecular weight excluding hydrogens is 304 g/mol. The summed E-state index contributed by atoms with van der Waals surface area (Å²) < 4.78 is 6.45. The molecule has 4 nitrogen and oxygen atoms in total. The van der Waals surface area contributed by atoms with Gasteiger partial charge in [0.15, 0.2) is 0 Å². The van der Waals surface area contributed by atoms with Gasteiger partial charge in [0.2, 0.25) is 0 Å². The maximum atomic E-state index is 11.1. The summed E-state index contributed by atoms with van der Waals surface area (Å²) in [5.74, 6) is 0.792. The third kappa shape index (κ3) is 2.48. The molecule has 3 fully saturated rings. The summed E-state index contributed by atoms with van der Waals surface area (Å²) in [5.41, 5.74) is -1.02. The molecule has 2 aliphatic carbocycles. The van der Waals surface area contributed by atoms with Crippen molar-refractivity contribution in [2.24, 2.45) is 22.7 Å². The van der Waals surface area contributed by atoms with Gasteiger partial charge >= 0.3 is 0 Å². The Morgan fingerprint density at radius 1 is 1.04 bits per heavy atom. The van der Waals surface area contributed by atoms with E-state index in [0.29, 0.717) is 5.92 Å². The minimum Gasteiger partial charge on any atom is -0.394 e. The highest BCUT2D eigenvalue weighted by Crippen LogP contribution is 2.65. The van der Waals surface area contributed by atoms with E-state index in [1.165, 1.54) is 19.3 Å². The Kier molecular flexibility index (Phi) is 4.40. The van der Waals surface area contributed by atoms with Crippen LogP contribution < -0.4 is 0 Å². The molecule has 2 saturated carbocycles. The average molecular weight is 341 g/mol. The normalized spacial score (nSPS) is 52.2. The van der Waals surface area contributed by atoms with Crippen LogP contribution in [0.15, 0.2) is 0 Å². The fourth-order valence-corrected chi connectivity index (χ4v) is 6.68. The van der Waals surface area contributed by atoms with Crippen LogP contribution in [0.1, 0.15) is 73.1 Å². The predicted octanol–water partition coefficient (Wildman–Crippen LogP) is 2.88. The third-order valence-electron chi connectivity index (χ3n) is 8.14. The maximum absolute atomic E-state index is 11.1. The Bertz CT molecular complexity index is 492. The van der Waals surface area contributed by atoms with Crippen LogP contribution in [0.5, 0.6) is 0 Å². The van der Waals surface area contributed by atoms with Gasteiger partial charge in [-0.05, 0) is 68.6 Å². The van der Waals surface area contributed by atoms with Gasteiger partial charge in [0.25, 0.3) is 0 Å². The molecule has 0 aromatic heterocycles. The van der Waals surface area contributed by atoms with E-state index in [0.717, 1.165) is 19.3 Å². The zero-order valence-electron chi connectivity index (χ0n) is 16.0. The molecule has 7 atom stereocenters. The summed E-state index contributed by atoms with van der Waals surface area (Å²) in [6, 6.07) is 0. The first-order valence-electron chi connectivity index (χ1n) is 9.67. The van der Waals surface area contributed by atoms with Gasteiger partial charge in [0.1, 0.15) is 6.10 Å². The summed E-state index contributed by atoms with van der Waals surface area (Å²) in [7, 11) is 0. The Morgan fingerprint density at radius 3 is 2.33 bits per heavy atom. The van der Waals surface area contributed by atoms with E-state index in [1.807, 2.05) is 13.8 Å². The molecule has 1 aliphatic heterocycles. The van der Waals surface area contributed by atoms with Gasteiger partial charge in [-0.3, -0.25) is 0 Å². The van der Waals surface area contributed by atoms with E-state index in [4.69, 9.17) is 4.74 Å². The second kappa shape index (κ2) is 5.67. The summed E-state index contributed by atoms with van der Waals surface area (Å²) >= 11 is 0. The molecular formula is C20H36O4. The van der Waals surface area contributed by atoms with E-state index >= 15 is 0 Å². The molecule has 0 bridgehead atoms. The number of hydrogen-bond acceptors (Lipinski definition) is 4. The molecule has 0 radical (unpaired) electrons. The molecule has 0 spiro atoms. The number of aliphatic hydroxyl groups is 3. The molecule has 3 N–H and O–H groups in total. The van der Waals surface area contributed by atoms with Crippen LogP contribution >= 0.6 is 0 Å². The lowest BCUT2D eigenvalue weighted by molar-refractivity contribution is -0.317. The zero-order valence-corrected chi connectivity index (χ0v) is 16.0. The molecule has 24 heavy (non-hydrogen) atoms. The van der Waals surface area contributed by atoms with Crippen LogP contribution in [0, 0.1) is 22.7 Å². The van der Waals surface area contributed by atoms with E-state index in [1.54, 1.807) is 0 Å². The lowest BCUT2D eigenvalue weighted by Gasteiger charge is -2.66. The molecule has 1 saturated heterocycles. The van der Waals surface area contributed by atoms with Gasteiger partial charge in [-0.2, -0.15) is 0 Å². The van der Waals surface area contributed by atoms with E-state index in [9.17, 15) is 15.3 Å². The number of fused-ring (bicyclic) bond motifs is 3. The van der Waals surface area contributed by atoms with Gasteiger partial charge < -0.3 is 20.1 Å². The molecule has 4 unspecified atom stereocenters. The summed E-state index contributed by atoms with van der Waals surface area (Å²) in [4.78, 5) is 0. The minimum atomic E-state index is -0.907. The fraction of sp³-hybridized carbons (Fsp3) is 1.00. The number of aliphatic hydroxyl groups excluding tert-OH is 3. The molecule has 1 heterocycles. The van der Waals surface area contributed by atoms with Crippen molar-refractivity contribution in [3.63, 3.8) is 0 Å². The molecule has 0 amide bonds. The van der Waals surface area contributed by atoms with Crippen molar-refractivity contribution in [3.05, 3.63) is 0 Å². The van der Waals surface area contributed by atoms with Crippen molar-refractivity contribution in [1.82, 2.24) is 0 Å². The highest BCUT2D eigenvalue weighted by Gasteiger charge is 2.65. The van der Waals surface area contributed by atoms with Crippen molar-refractivity contribution < 1.29 is 20.1 Å². The Hall–Kier alpha value is -0.160. The van der Waals surface area contributed by atoms with Crippen molar-refractivity contribution in [3.8, 4) is 0 Å². The van der Waals surface area contributed by atoms with E-state index in [2.05, 4.69) is 20.8 Å². The lowest BCUT2D eigenvalue weighted by atomic mass is 9.43. The number of rotatable bonds is 2. The zero-order chi connectivity index (χ0) is 18.0. The van der Waals surface area contributed by atoms with Crippen LogP contribution in [-0.2, 0) is 4.74 Å². The van der Waals surface area contributed by atoms with Gasteiger partial charge in [-0.1, -0.05) is 27.2 Å². The van der Waals surface area contributed by atoms with Crippen molar-refractivity contribution >= 4 is 0 Å². The molecule has 140 valence electrons. The van der Waals surface area contributed by atoms with Crippen molar-refractivity contribution in [1.29, 1.82) is 0 Å². The first-order valence-corrected chi connectivity index (χ1v) is 9.67. The van der Waals surface area contributed by atoms with Crippen molar-refractivity contribution in [2.45, 2.75) is 96.6 Å². The first-order chi connectivity index (χ1) is 11.0. The first kappa shape index (κ1) is 18.6. The van der Waals surface area contributed by atoms with Crippen LogP contribution in [0.25, 0.3) is 0 Å². The second-order valence-corrected chi connectivity index (χ2v) is 10.0. The molecule has 4 heteroatoms. The SMILES string of the molecule is CC1(C)CCC[C@@]2(C)C1C[C@H](O)[C@@]1(C)OC(C)(C(O)CO)CCC21. The van der Waals surface area contributed by atoms with E-state index < -0.39 is 23.4 Å². The molecule has 3 aliphatic rings. The highest BCUT2D eigenvalue weighted by molar-refractivity contribution is 5.14. The lowest BCUT2D eigenvalue weighted by Crippen LogP contribution is -2.69. The molecule has 0 aromatic rings. The van der Waals surface area contributed by atoms with Crippen LogP contribution in [0.4, 0.5) is 0 Å². The predicted molar refractivity (Wildman–Crippen MR) is 93.6 cm³/mol. The summed E-state index contributed by atoms with van der Waals surface area (Å²) in [6.45, 7) is 10.7. The fourth-order valence-electron chi connectivity index (χ4n) is 6.68. The molecule has 0 aromatic carbocycles. The smallest absolute Gasteiger partial charge is 0.106 e. The average Bonchev–Trinajstić information content (AvgIpc) is 2.48. The highest BCUT2D eigenvalue weighted by atomic mass is 16.6. The van der Waals surface area contributed by atoms with Gasteiger partial charge in [0.05, 0.1) is 23.9 Å². The van der Waals surface area contributed by atoms with E-state index in [-0.39, 0.29) is 23.4 Å². The number of ether oxygens (including phenoxy) is 1. The Balaban J connectivity index is 1.97. The maximum Gasteiger partial charge on any atom is 0.106 e. The Labute approximate surface area is 146 Å². The third-order valence-corrected chi connectivity index (χ3v) is 8.14. The molecule has 3 rings (SSSR count). The quantitative estimate of drug-likeness (QED) is 0.723. The topological polar surface area (TPSA) is 69.9 Å². The van der Waals surface area contributed by atoms with Gasteiger partial charge in [0, 0.05) is 0 Å². The summed E-state index contributed by atoms with van der Waals surface area (Å²) in [6.07, 6.45) is 4.65. The van der Waals surface area contributed by atoms with Crippen LogP contribution in [0.2, 0.25) is 0 Å². The van der Waals surface area contributed by atoms with Gasteiger partial charge in [-0.15, -0.1) is 0 Å². The largest absolute Gasteiger partial charge is 0.394 e. The Morgan fingerprint density at radius 2 is 1.71 bits per heavy atom.